The van der Waals surface area contributed by atoms with Gasteiger partial charge in [-0.2, -0.15) is 0 Å². The Morgan fingerprint density at radius 2 is 0.788 bits per heavy atom. The van der Waals surface area contributed by atoms with Crippen LogP contribution in [0.4, 0.5) is 0 Å². The van der Waals surface area contributed by atoms with E-state index in [9.17, 15) is 0 Å². The molecular formula is C60H38N6. The van der Waals surface area contributed by atoms with Crippen LogP contribution in [0.15, 0.2) is 231 Å². The Bertz CT molecular complexity index is 3950. The zero-order valence-corrected chi connectivity index (χ0v) is 35.6. The third-order valence-electron chi connectivity index (χ3n) is 12.8. The smallest absolute Gasteiger partial charge is 0.164 e. The van der Waals surface area contributed by atoms with Crippen molar-refractivity contribution in [2.45, 2.75) is 0 Å². The van der Waals surface area contributed by atoms with Gasteiger partial charge < -0.3 is 4.57 Å². The van der Waals surface area contributed by atoms with Crippen molar-refractivity contribution in [3.05, 3.63) is 231 Å². The topological polar surface area (TPSA) is 61.4 Å². The molecule has 6 heteroatoms. The number of para-hydroxylation sites is 3. The van der Waals surface area contributed by atoms with Gasteiger partial charge >= 0.3 is 0 Å². The number of hydrogen-bond acceptors (Lipinski definition) is 4. The van der Waals surface area contributed by atoms with Crippen molar-refractivity contribution in [3.63, 3.8) is 0 Å². The lowest BCUT2D eigenvalue weighted by atomic mass is 9.96. The first-order valence-corrected chi connectivity index (χ1v) is 22.2. The van der Waals surface area contributed by atoms with Crippen molar-refractivity contribution in [3.8, 4) is 67.9 Å². The SMILES string of the molecule is c1ccc(-c2ccc(-c3nc(-c4ccccc4)nc(-c4ccc(-n5c6ccccc6c6c(-c7ccccc7)cc7c8ccccc8n(-c8ccc9ccccc9n8)c7c65)cc4)n3)cc2)cc1. The average Bonchev–Trinajstić information content (AvgIpc) is 3.92. The molecule has 6 nitrogen and oxygen atoms in total. The van der Waals surface area contributed by atoms with Crippen molar-refractivity contribution in [2.75, 3.05) is 0 Å². The van der Waals surface area contributed by atoms with Gasteiger partial charge in [0.2, 0.25) is 0 Å². The normalized spacial score (nSPS) is 11.6. The first-order chi connectivity index (χ1) is 32.7. The van der Waals surface area contributed by atoms with E-state index in [-0.39, 0.29) is 0 Å². The summed E-state index contributed by atoms with van der Waals surface area (Å²) in [4.78, 5) is 20.6. The van der Waals surface area contributed by atoms with Gasteiger partial charge in [0.05, 0.1) is 27.6 Å². The van der Waals surface area contributed by atoms with E-state index >= 15 is 0 Å². The van der Waals surface area contributed by atoms with Crippen molar-refractivity contribution < 1.29 is 0 Å². The molecule has 4 heterocycles. The zero-order valence-electron chi connectivity index (χ0n) is 35.6. The van der Waals surface area contributed by atoms with E-state index in [0.717, 1.165) is 83.2 Å². The molecule has 0 radical (unpaired) electrons. The summed E-state index contributed by atoms with van der Waals surface area (Å²) in [7, 11) is 0. The van der Waals surface area contributed by atoms with Crippen LogP contribution in [0.1, 0.15) is 0 Å². The largest absolute Gasteiger partial charge is 0.307 e. The maximum atomic E-state index is 5.32. The van der Waals surface area contributed by atoms with E-state index in [1.807, 2.05) is 36.4 Å². The van der Waals surface area contributed by atoms with Gasteiger partial charge in [0.1, 0.15) is 5.82 Å². The molecule has 0 spiro atoms. The summed E-state index contributed by atoms with van der Waals surface area (Å²) in [6.45, 7) is 0. The molecule has 0 saturated heterocycles. The van der Waals surface area contributed by atoms with Crippen LogP contribution in [-0.2, 0) is 0 Å². The molecule has 0 N–H and O–H groups in total. The fraction of sp³-hybridized carbons (Fsp3) is 0. The van der Waals surface area contributed by atoms with Gasteiger partial charge in [0.15, 0.2) is 17.5 Å². The van der Waals surface area contributed by atoms with Crippen LogP contribution in [0.25, 0.3) is 122 Å². The molecule has 0 aliphatic heterocycles. The molecule has 308 valence electrons. The van der Waals surface area contributed by atoms with Crippen LogP contribution < -0.4 is 0 Å². The Balaban J connectivity index is 1.04. The van der Waals surface area contributed by atoms with Gasteiger partial charge in [-0.05, 0) is 82.9 Å². The van der Waals surface area contributed by atoms with Gasteiger partial charge in [0.25, 0.3) is 0 Å². The quantitative estimate of drug-likeness (QED) is 0.160. The van der Waals surface area contributed by atoms with Crippen LogP contribution in [0.2, 0.25) is 0 Å². The van der Waals surface area contributed by atoms with Gasteiger partial charge in [-0.1, -0.05) is 170 Å². The second-order valence-electron chi connectivity index (χ2n) is 16.6. The minimum Gasteiger partial charge on any atom is -0.307 e. The van der Waals surface area contributed by atoms with Crippen LogP contribution in [-0.4, -0.2) is 29.1 Å². The molecule has 4 aromatic heterocycles. The van der Waals surface area contributed by atoms with E-state index in [1.165, 1.54) is 21.7 Å². The Labute approximate surface area is 380 Å². The standard InChI is InChI=1S/C60H38N6/c1-4-16-39(17-5-1)40-28-30-44(31-29-40)59-62-58(43-21-8-3-9-22-43)63-60(64-59)45-32-35-46(36-33-45)65-53-27-15-12-24-48(53)55-49(41-18-6-2-7-19-41)38-50-47-23-11-14-26-52(47)66(56(50)57(55)65)54-37-34-42-20-10-13-25-51(42)61-54/h1-38H. The first kappa shape index (κ1) is 37.5. The molecule has 13 rings (SSSR count). The van der Waals surface area contributed by atoms with Crippen LogP contribution in [0.3, 0.4) is 0 Å². The Kier molecular flexibility index (Phi) is 8.74. The van der Waals surface area contributed by atoms with Crippen molar-refractivity contribution in [1.29, 1.82) is 0 Å². The third kappa shape index (κ3) is 6.19. The number of rotatable bonds is 7. The van der Waals surface area contributed by atoms with Crippen LogP contribution in [0, 0.1) is 0 Å². The maximum Gasteiger partial charge on any atom is 0.164 e. The van der Waals surface area contributed by atoms with Crippen molar-refractivity contribution in [2.24, 2.45) is 0 Å². The number of pyridine rings is 1. The molecular weight excluding hydrogens is 805 g/mol. The zero-order chi connectivity index (χ0) is 43.6. The summed E-state index contributed by atoms with van der Waals surface area (Å²) < 4.78 is 4.80. The van der Waals surface area contributed by atoms with Crippen LogP contribution in [0.5, 0.6) is 0 Å². The predicted molar refractivity (Wildman–Crippen MR) is 271 cm³/mol. The third-order valence-corrected chi connectivity index (χ3v) is 12.8. The van der Waals surface area contributed by atoms with Gasteiger partial charge in [0, 0.05) is 49.3 Å². The molecule has 0 aliphatic rings. The number of benzene rings is 9. The number of hydrogen-bond donors (Lipinski definition) is 0. The highest BCUT2D eigenvalue weighted by Crippen LogP contribution is 2.46. The lowest BCUT2D eigenvalue weighted by molar-refractivity contribution is 1.07. The van der Waals surface area contributed by atoms with E-state index in [4.69, 9.17) is 19.9 Å². The van der Waals surface area contributed by atoms with Gasteiger partial charge in [-0.3, -0.25) is 4.57 Å². The lowest BCUT2D eigenvalue weighted by Crippen LogP contribution is -2.02. The van der Waals surface area contributed by atoms with Crippen molar-refractivity contribution >= 4 is 54.5 Å². The molecule has 0 atom stereocenters. The van der Waals surface area contributed by atoms with Crippen LogP contribution >= 0.6 is 0 Å². The molecule has 0 saturated carbocycles. The summed E-state index contributed by atoms with van der Waals surface area (Å²) in [6.07, 6.45) is 0. The highest BCUT2D eigenvalue weighted by molar-refractivity contribution is 6.28. The fourth-order valence-electron chi connectivity index (χ4n) is 9.68. The molecule has 0 fully saturated rings. The van der Waals surface area contributed by atoms with Crippen molar-refractivity contribution in [1.82, 2.24) is 29.1 Å². The number of fused-ring (bicyclic) bond motifs is 8. The van der Waals surface area contributed by atoms with Gasteiger partial charge in [-0.25, -0.2) is 19.9 Å². The summed E-state index contributed by atoms with van der Waals surface area (Å²) in [5.41, 5.74) is 13.8. The first-order valence-electron chi connectivity index (χ1n) is 22.2. The van der Waals surface area contributed by atoms with E-state index in [1.54, 1.807) is 0 Å². The highest BCUT2D eigenvalue weighted by Gasteiger charge is 2.25. The molecule has 0 amide bonds. The lowest BCUT2D eigenvalue weighted by Gasteiger charge is -2.14. The average molecular weight is 843 g/mol. The van der Waals surface area contributed by atoms with E-state index in [0.29, 0.717) is 17.5 Å². The maximum absolute atomic E-state index is 5.32. The Morgan fingerprint density at radius 1 is 0.303 bits per heavy atom. The summed E-state index contributed by atoms with van der Waals surface area (Å²) >= 11 is 0. The molecule has 0 aliphatic carbocycles. The number of nitrogens with zero attached hydrogens (tertiary/aromatic N) is 6. The second kappa shape index (κ2) is 15.4. The van der Waals surface area contributed by atoms with E-state index in [2.05, 4.69) is 203 Å². The molecule has 0 bridgehead atoms. The molecule has 9 aromatic carbocycles. The number of aromatic nitrogens is 6. The fourth-order valence-corrected chi connectivity index (χ4v) is 9.68. The summed E-state index contributed by atoms with van der Waals surface area (Å²) in [5.74, 6) is 2.72. The van der Waals surface area contributed by atoms with E-state index < -0.39 is 0 Å². The second-order valence-corrected chi connectivity index (χ2v) is 16.6. The molecule has 66 heavy (non-hydrogen) atoms. The predicted octanol–water partition coefficient (Wildman–Crippen LogP) is 14.9. The Morgan fingerprint density at radius 3 is 1.45 bits per heavy atom. The minimum atomic E-state index is 0.607. The molecule has 13 aromatic rings. The van der Waals surface area contributed by atoms with Gasteiger partial charge in [-0.15, -0.1) is 0 Å². The monoisotopic (exact) mass is 842 g/mol. The summed E-state index contributed by atoms with van der Waals surface area (Å²) in [6, 6.07) is 81.0. The Hall–Kier alpha value is -9.00. The molecule has 0 unspecified atom stereocenters. The minimum absolute atomic E-state index is 0.607. The highest BCUT2D eigenvalue weighted by atomic mass is 15.1. The summed E-state index contributed by atoms with van der Waals surface area (Å²) in [5, 5.41) is 5.80.